The molecule has 0 atom stereocenters. The van der Waals surface area contributed by atoms with E-state index in [1.54, 1.807) is 0 Å². The first kappa shape index (κ1) is 14.9. The standard InChI is InChI=1S/C13H16FNO4S/c1-8-6-9(7-11(12(8)14)20(15,17)18)13(16)19-10-4-2-3-5-10/h6-7,10H,2-5H2,1H3,(H2,15,17,18). The molecule has 20 heavy (non-hydrogen) atoms. The summed E-state index contributed by atoms with van der Waals surface area (Å²) in [6.07, 6.45) is 3.46. The Bertz CT molecular complexity index is 636. The van der Waals surface area contributed by atoms with Gasteiger partial charge in [-0.25, -0.2) is 22.7 Å². The summed E-state index contributed by atoms with van der Waals surface area (Å²) in [5.41, 5.74) is 0.0368. The lowest BCUT2D eigenvalue weighted by molar-refractivity contribution is 0.0317. The fraction of sp³-hybridized carbons (Fsp3) is 0.462. The van der Waals surface area contributed by atoms with Gasteiger partial charge in [0.05, 0.1) is 5.56 Å². The molecule has 0 aliphatic heterocycles. The van der Waals surface area contributed by atoms with E-state index in [0.717, 1.165) is 31.7 Å². The number of aryl methyl sites for hydroxylation is 1. The van der Waals surface area contributed by atoms with Crippen LogP contribution in [0.1, 0.15) is 41.6 Å². The lowest BCUT2D eigenvalue weighted by atomic mass is 10.1. The van der Waals surface area contributed by atoms with Crippen molar-refractivity contribution < 1.29 is 22.3 Å². The number of primary sulfonamides is 1. The van der Waals surface area contributed by atoms with Gasteiger partial charge in [0.1, 0.15) is 16.8 Å². The average molecular weight is 301 g/mol. The number of halogens is 1. The molecule has 0 unspecified atom stereocenters. The number of carbonyl (C=O) groups is 1. The van der Waals surface area contributed by atoms with Crippen LogP contribution in [0.25, 0.3) is 0 Å². The van der Waals surface area contributed by atoms with E-state index in [9.17, 15) is 17.6 Å². The maximum Gasteiger partial charge on any atom is 0.338 e. The first-order chi connectivity index (χ1) is 9.29. The molecule has 1 aromatic carbocycles. The molecule has 1 aliphatic carbocycles. The molecule has 1 aromatic rings. The number of ether oxygens (including phenoxy) is 1. The van der Waals surface area contributed by atoms with E-state index in [0.29, 0.717) is 0 Å². The molecule has 7 heteroatoms. The monoisotopic (exact) mass is 301 g/mol. The first-order valence-corrected chi connectivity index (χ1v) is 7.87. The van der Waals surface area contributed by atoms with E-state index >= 15 is 0 Å². The Hall–Kier alpha value is -1.47. The van der Waals surface area contributed by atoms with Gasteiger partial charge in [-0.1, -0.05) is 0 Å². The van der Waals surface area contributed by atoms with Crippen molar-refractivity contribution in [3.8, 4) is 0 Å². The summed E-state index contributed by atoms with van der Waals surface area (Å²) in [4.78, 5) is 11.3. The molecule has 5 nitrogen and oxygen atoms in total. The molecular formula is C13H16FNO4S. The highest BCUT2D eigenvalue weighted by Gasteiger charge is 2.24. The van der Waals surface area contributed by atoms with E-state index in [1.165, 1.54) is 13.0 Å². The Morgan fingerprint density at radius 1 is 1.35 bits per heavy atom. The Morgan fingerprint density at radius 3 is 2.50 bits per heavy atom. The van der Waals surface area contributed by atoms with Gasteiger partial charge in [0, 0.05) is 0 Å². The van der Waals surface area contributed by atoms with Gasteiger partial charge in [0.25, 0.3) is 0 Å². The summed E-state index contributed by atoms with van der Waals surface area (Å²) in [5, 5.41) is 4.94. The van der Waals surface area contributed by atoms with Crippen LogP contribution >= 0.6 is 0 Å². The van der Waals surface area contributed by atoms with Crippen molar-refractivity contribution in [1.82, 2.24) is 0 Å². The van der Waals surface area contributed by atoms with Crippen molar-refractivity contribution >= 4 is 16.0 Å². The fourth-order valence-corrected chi connectivity index (χ4v) is 2.99. The van der Waals surface area contributed by atoms with Crippen LogP contribution in [0.3, 0.4) is 0 Å². The molecule has 0 aromatic heterocycles. The summed E-state index contributed by atoms with van der Waals surface area (Å²) in [6.45, 7) is 1.37. The minimum Gasteiger partial charge on any atom is -0.459 e. The van der Waals surface area contributed by atoms with Crippen LogP contribution in [-0.4, -0.2) is 20.5 Å². The molecule has 2 N–H and O–H groups in total. The van der Waals surface area contributed by atoms with Crippen LogP contribution in [0, 0.1) is 12.7 Å². The van der Waals surface area contributed by atoms with E-state index in [4.69, 9.17) is 9.88 Å². The van der Waals surface area contributed by atoms with E-state index in [1.807, 2.05) is 0 Å². The Kier molecular flexibility index (Phi) is 4.10. The minimum absolute atomic E-state index is 0.000162. The fourth-order valence-electron chi connectivity index (χ4n) is 2.29. The summed E-state index contributed by atoms with van der Waals surface area (Å²) in [5.74, 6) is -1.59. The molecule has 0 amide bonds. The molecule has 0 radical (unpaired) electrons. The van der Waals surface area contributed by atoms with Crippen LogP contribution in [-0.2, 0) is 14.8 Å². The van der Waals surface area contributed by atoms with Gasteiger partial charge in [-0.3, -0.25) is 0 Å². The zero-order chi connectivity index (χ0) is 14.9. The van der Waals surface area contributed by atoms with Crippen LogP contribution < -0.4 is 5.14 Å². The first-order valence-electron chi connectivity index (χ1n) is 6.33. The van der Waals surface area contributed by atoms with Gasteiger partial charge in [0.15, 0.2) is 0 Å². The molecule has 0 bridgehead atoms. The number of benzene rings is 1. The van der Waals surface area contributed by atoms with Gasteiger partial charge in [0.2, 0.25) is 10.0 Å². The summed E-state index contributed by atoms with van der Waals surface area (Å²) in [6, 6.07) is 2.19. The average Bonchev–Trinajstić information content (AvgIpc) is 2.83. The molecule has 0 saturated heterocycles. The topological polar surface area (TPSA) is 86.5 Å². The van der Waals surface area contributed by atoms with Gasteiger partial charge in [-0.05, 0) is 50.3 Å². The van der Waals surface area contributed by atoms with Crippen molar-refractivity contribution in [2.24, 2.45) is 5.14 Å². The maximum atomic E-state index is 13.7. The highest BCUT2D eigenvalue weighted by Crippen LogP contribution is 2.24. The second-order valence-electron chi connectivity index (χ2n) is 4.96. The Balaban J connectivity index is 2.32. The number of sulfonamides is 1. The summed E-state index contributed by atoms with van der Waals surface area (Å²) < 4.78 is 41.6. The maximum absolute atomic E-state index is 13.7. The third kappa shape index (κ3) is 3.16. The second-order valence-corrected chi connectivity index (χ2v) is 6.49. The SMILES string of the molecule is Cc1cc(C(=O)OC2CCCC2)cc(S(N)(=O)=O)c1F. The molecule has 2 rings (SSSR count). The van der Waals surface area contributed by atoms with Gasteiger partial charge in [-0.2, -0.15) is 0 Å². The smallest absolute Gasteiger partial charge is 0.338 e. The van der Waals surface area contributed by atoms with Crippen LogP contribution in [0.2, 0.25) is 0 Å². The number of nitrogens with two attached hydrogens (primary N) is 1. The highest BCUT2D eigenvalue weighted by molar-refractivity contribution is 7.89. The van der Waals surface area contributed by atoms with E-state index in [2.05, 4.69) is 0 Å². The van der Waals surface area contributed by atoms with Crippen molar-refractivity contribution in [1.29, 1.82) is 0 Å². The van der Waals surface area contributed by atoms with Crippen molar-refractivity contribution in [2.45, 2.75) is 43.6 Å². The number of hydrogen-bond acceptors (Lipinski definition) is 4. The van der Waals surface area contributed by atoms with Crippen molar-refractivity contribution in [3.63, 3.8) is 0 Å². The van der Waals surface area contributed by atoms with Crippen molar-refractivity contribution in [2.75, 3.05) is 0 Å². The summed E-state index contributed by atoms with van der Waals surface area (Å²) >= 11 is 0. The molecule has 0 heterocycles. The van der Waals surface area contributed by atoms with Crippen LogP contribution in [0.4, 0.5) is 4.39 Å². The molecular weight excluding hydrogens is 285 g/mol. The predicted octanol–water partition coefficient (Wildman–Crippen LogP) is 1.88. The number of rotatable bonds is 3. The zero-order valence-electron chi connectivity index (χ0n) is 11.1. The number of carbonyl (C=O) groups excluding carboxylic acids is 1. The normalized spacial score (nSPS) is 16.4. The lowest BCUT2D eigenvalue weighted by Crippen LogP contribution is -2.18. The van der Waals surface area contributed by atoms with E-state index < -0.39 is 26.7 Å². The van der Waals surface area contributed by atoms with E-state index in [-0.39, 0.29) is 17.2 Å². The third-order valence-corrected chi connectivity index (χ3v) is 4.25. The second kappa shape index (κ2) is 5.49. The zero-order valence-corrected chi connectivity index (χ0v) is 11.9. The molecule has 110 valence electrons. The molecule has 1 saturated carbocycles. The van der Waals surface area contributed by atoms with Gasteiger partial charge >= 0.3 is 5.97 Å². The minimum atomic E-state index is -4.22. The number of hydrogen-bond donors (Lipinski definition) is 1. The lowest BCUT2D eigenvalue weighted by Gasteiger charge is -2.12. The Labute approximate surface area is 117 Å². The summed E-state index contributed by atoms with van der Waals surface area (Å²) in [7, 11) is -4.22. The van der Waals surface area contributed by atoms with Crippen LogP contribution in [0.15, 0.2) is 17.0 Å². The molecule has 1 aliphatic rings. The van der Waals surface area contributed by atoms with Crippen molar-refractivity contribution in [3.05, 3.63) is 29.1 Å². The highest BCUT2D eigenvalue weighted by atomic mass is 32.2. The van der Waals surface area contributed by atoms with Gasteiger partial charge < -0.3 is 4.74 Å². The van der Waals surface area contributed by atoms with Gasteiger partial charge in [-0.15, -0.1) is 0 Å². The number of esters is 1. The largest absolute Gasteiger partial charge is 0.459 e. The van der Waals surface area contributed by atoms with Crippen LogP contribution in [0.5, 0.6) is 0 Å². The molecule has 0 spiro atoms. The Morgan fingerprint density at radius 2 is 1.95 bits per heavy atom. The molecule has 1 fully saturated rings. The third-order valence-electron chi connectivity index (χ3n) is 3.34. The quantitative estimate of drug-likeness (QED) is 0.864. The predicted molar refractivity (Wildman–Crippen MR) is 70.2 cm³/mol.